The Bertz CT molecular complexity index is 580. The lowest BCUT2D eigenvalue weighted by Gasteiger charge is -1.95. The lowest BCUT2D eigenvalue weighted by Crippen LogP contribution is -1.70. The van der Waals surface area contributed by atoms with Crippen LogP contribution in [0.15, 0.2) is 28.4 Å². The number of hydrogen-bond acceptors (Lipinski definition) is 4. The Morgan fingerprint density at radius 3 is 2.40 bits per heavy atom. The first-order chi connectivity index (χ1) is 7.45. The minimum absolute atomic E-state index is 1.17. The first-order valence-electron chi connectivity index (χ1n) is 4.55. The topological polar surface area (TPSA) is 12.9 Å². The molecule has 0 aliphatic heterocycles. The van der Waals surface area contributed by atoms with Gasteiger partial charge in [-0.2, -0.15) is 0 Å². The first-order valence-corrected chi connectivity index (χ1v) is 7.18. The fourth-order valence-corrected chi connectivity index (χ4v) is 4.86. The zero-order chi connectivity index (χ0) is 9.83. The summed E-state index contributed by atoms with van der Waals surface area (Å²) in [5, 5.41) is 7.00. The molecule has 0 atom stereocenters. The van der Waals surface area contributed by atoms with E-state index in [1.807, 2.05) is 28.2 Å². The maximum Gasteiger partial charge on any atom is 0.0905 e. The first kappa shape index (κ1) is 8.21. The standard InChI is InChI=1S/C11H5NS3/c1-3-13-10-6(1)8-9(15-5-12-8)7-2-4-14-11(7)10/h1-5H. The Morgan fingerprint density at radius 2 is 1.53 bits per heavy atom. The number of thiophene rings is 2. The van der Waals surface area contributed by atoms with E-state index in [-0.39, 0.29) is 0 Å². The number of thiazole rings is 1. The summed E-state index contributed by atoms with van der Waals surface area (Å²) in [7, 11) is 0. The number of rotatable bonds is 0. The quantitative estimate of drug-likeness (QED) is 0.438. The number of fused-ring (bicyclic) bond motifs is 6. The molecule has 4 rings (SSSR count). The predicted octanol–water partition coefficient (Wildman–Crippen LogP) is 4.73. The highest BCUT2D eigenvalue weighted by Gasteiger charge is 2.11. The fourth-order valence-electron chi connectivity index (χ4n) is 1.96. The van der Waals surface area contributed by atoms with Crippen LogP contribution in [0.5, 0.6) is 0 Å². The normalized spacial score (nSPS) is 12.0. The summed E-state index contributed by atoms with van der Waals surface area (Å²) < 4.78 is 4.13. The van der Waals surface area contributed by atoms with Crippen molar-refractivity contribution in [2.24, 2.45) is 0 Å². The molecule has 15 heavy (non-hydrogen) atoms. The molecule has 0 spiro atoms. The van der Waals surface area contributed by atoms with Crippen LogP contribution in [0, 0.1) is 0 Å². The van der Waals surface area contributed by atoms with E-state index in [0.29, 0.717) is 0 Å². The molecule has 0 amide bonds. The van der Waals surface area contributed by atoms with Gasteiger partial charge in [-0.25, -0.2) is 4.98 Å². The van der Waals surface area contributed by atoms with Crippen LogP contribution in [0.25, 0.3) is 30.4 Å². The lowest BCUT2D eigenvalue weighted by molar-refractivity contribution is 1.52. The zero-order valence-corrected chi connectivity index (χ0v) is 10.0. The molecule has 4 aromatic rings. The average molecular weight is 247 g/mol. The van der Waals surface area contributed by atoms with Crippen LogP contribution in [0.3, 0.4) is 0 Å². The van der Waals surface area contributed by atoms with Gasteiger partial charge in [0.1, 0.15) is 0 Å². The van der Waals surface area contributed by atoms with E-state index < -0.39 is 0 Å². The third-order valence-electron chi connectivity index (χ3n) is 2.60. The van der Waals surface area contributed by atoms with Crippen molar-refractivity contribution in [1.82, 2.24) is 4.98 Å². The van der Waals surface area contributed by atoms with Gasteiger partial charge in [-0.15, -0.1) is 34.0 Å². The largest absolute Gasteiger partial charge is 0.244 e. The van der Waals surface area contributed by atoms with Crippen molar-refractivity contribution < 1.29 is 0 Å². The molecule has 4 heteroatoms. The number of hydrogen-bond donors (Lipinski definition) is 0. The second kappa shape index (κ2) is 2.78. The van der Waals surface area contributed by atoms with E-state index >= 15 is 0 Å². The van der Waals surface area contributed by atoms with Gasteiger partial charge in [-0.05, 0) is 22.9 Å². The Kier molecular flexibility index (Phi) is 1.52. The highest BCUT2D eigenvalue weighted by atomic mass is 32.1. The maximum atomic E-state index is 4.48. The molecule has 1 aromatic carbocycles. The summed E-state index contributed by atoms with van der Waals surface area (Å²) in [6, 6.07) is 4.39. The van der Waals surface area contributed by atoms with Gasteiger partial charge in [0, 0.05) is 10.8 Å². The zero-order valence-electron chi connectivity index (χ0n) is 7.56. The van der Waals surface area contributed by atoms with E-state index in [9.17, 15) is 0 Å². The van der Waals surface area contributed by atoms with E-state index in [0.717, 1.165) is 0 Å². The molecule has 3 heterocycles. The second-order valence-electron chi connectivity index (χ2n) is 3.36. The molecule has 1 nitrogen and oxygen atoms in total. The highest BCUT2D eigenvalue weighted by molar-refractivity contribution is 7.27. The molecule has 3 aromatic heterocycles. The molecule has 0 aliphatic rings. The van der Waals surface area contributed by atoms with Gasteiger partial charge in [0.25, 0.3) is 0 Å². The van der Waals surface area contributed by atoms with Crippen molar-refractivity contribution >= 4 is 64.4 Å². The Labute approximate surface area is 97.6 Å². The van der Waals surface area contributed by atoms with Gasteiger partial charge in [0.05, 0.1) is 25.1 Å². The summed E-state index contributed by atoms with van der Waals surface area (Å²) in [6.45, 7) is 0. The number of aromatic nitrogens is 1. The van der Waals surface area contributed by atoms with E-state index in [1.165, 1.54) is 30.4 Å². The summed E-state index contributed by atoms with van der Waals surface area (Å²) in [4.78, 5) is 4.48. The number of benzene rings is 1. The smallest absolute Gasteiger partial charge is 0.0905 e. The van der Waals surface area contributed by atoms with Crippen LogP contribution >= 0.6 is 34.0 Å². The van der Waals surface area contributed by atoms with Gasteiger partial charge in [-0.3, -0.25) is 0 Å². The minimum Gasteiger partial charge on any atom is -0.244 e. The monoisotopic (exact) mass is 247 g/mol. The van der Waals surface area contributed by atoms with Gasteiger partial charge in [0.2, 0.25) is 0 Å². The fraction of sp³-hybridized carbons (Fsp3) is 0. The molecular weight excluding hydrogens is 242 g/mol. The van der Waals surface area contributed by atoms with Crippen LogP contribution < -0.4 is 0 Å². The van der Waals surface area contributed by atoms with Crippen LogP contribution in [-0.2, 0) is 0 Å². The molecule has 0 fully saturated rings. The third-order valence-corrected chi connectivity index (χ3v) is 5.46. The van der Waals surface area contributed by atoms with Crippen molar-refractivity contribution in [2.45, 2.75) is 0 Å². The van der Waals surface area contributed by atoms with E-state index in [4.69, 9.17) is 0 Å². The molecule has 72 valence electrons. The maximum absolute atomic E-state index is 4.48. The van der Waals surface area contributed by atoms with Crippen molar-refractivity contribution in [3.05, 3.63) is 28.4 Å². The van der Waals surface area contributed by atoms with Crippen molar-refractivity contribution in [3.8, 4) is 0 Å². The molecule has 0 unspecified atom stereocenters. The van der Waals surface area contributed by atoms with Crippen molar-refractivity contribution in [2.75, 3.05) is 0 Å². The molecular formula is C11H5NS3. The van der Waals surface area contributed by atoms with Crippen LogP contribution in [0.2, 0.25) is 0 Å². The average Bonchev–Trinajstić information content (AvgIpc) is 2.97. The Balaban J connectivity index is 2.56. The van der Waals surface area contributed by atoms with Gasteiger partial charge < -0.3 is 0 Å². The summed E-state index contributed by atoms with van der Waals surface area (Å²) in [6.07, 6.45) is 0. The summed E-state index contributed by atoms with van der Waals surface area (Å²) in [5.74, 6) is 0. The molecule has 0 N–H and O–H groups in total. The third kappa shape index (κ3) is 0.942. The van der Waals surface area contributed by atoms with E-state index in [1.54, 1.807) is 11.3 Å². The van der Waals surface area contributed by atoms with Crippen LogP contribution in [0.4, 0.5) is 0 Å². The molecule has 0 aliphatic carbocycles. The number of nitrogens with zero attached hydrogens (tertiary/aromatic N) is 1. The predicted molar refractivity (Wildman–Crippen MR) is 70.4 cm³/mol. The van der Waals surface area contributed by atoms with Crippen molar-refractivity contribution in [1.29, 1.82) is 0 Å². The molecule has 0 saturated heterocycles. The Hall–Kier alpha value is -0.970. The summed E-state index contributed by atoms with van der Waals surface area (Å²) >= 11 is 5.38. The molecule has 0 saturated carbocycles. The van der Waals surface area contributed by atoms with Crippen LogP contribution in [-0.4, -0.2) is 4.98 Å². The van der Waals surface area contributed by atoms with Crippen LogP contribution in [0.1, 0.15) is 0 Å². The lowest BCUT2D eigenvalue weighted by atomic mass is 10.2. The van der Waals surface area contributed by atoms with E-state index in [2.05, 4.69) is 27.9 Å². The SMILES string of the molecule is c1nc2c3ccsc3c3sccc3c2s1. The molecule has 0 radical (unpaired) electrons. The van der Waals surface area contributed by atoms with Crippen molar-refractivity contribution in [3.63, 3.8) is 0 Å². The Morgan fingerprint density at radius 1 is 0.800 bits per heavy atom. The summed E-state index contributed by atoms with van der Waals surface area (Å²) in [5.41, 5.74) is 3.11. The highest BCUT2D eigenvalue weighted by Crippen LogP contribution is 2.41. The van der Waals surface area contributed by atoms with Gasteiger partial charge in [-0.1, -0.05) is 0 Å². The second-order valence-corrected chi connectivity index (χ2v) is 6.04. The van der Waals surface area contributed by atoms with Gasteiger partial charge in [0.15, 0.2) is 0 Å². The van der Waals surface area contributed by atoms with Gasteiger partial charge >= 0.3 is 0 Å². The minimum atomic E-state index is 1.17. The molecule has 0 bridgehead atoms.